The van der Waals surface area contributed by atoms with E-state index in [2.05, 4.69) is 29.4 Å². The van der Waals surface area contributed by atoms with Crippen LogP contribution in [0.25, 0.3) is 0 Å². The normalized spacial score (nSPS) is 40.9. The summed E-state index contributed by atoms with van der Waals surface area (Å²) in [6.07, 6.45) is 9.01. The first-order valence-corrected chi connectivity index (χ1v) is 20.7. The number of amides is 1. The van der Waals surface area contributed by atoms with Gasteiger partial charge in [0.15, 0.2) is 24.2 Å². The zero-order chi connectivity index (χ0) is 39.3. The van der Waals surface area contributed by atoms with E-state index in [4.69, 9.17) is 19.9 Å². The van der Waals surface area contributed by atoms with Crippen LogP contribution in [0.4, 0.5) is 0 Å². The van der Waals surface area contributed by atoms with E-state index in [0.717, 1.165) is 18.4 Å². The second-order valence-electron chi connectivity index (χ2n) is 17.3. The number of hydrogen-bond donors (Lipinski definition) is 8. The fraction of sp³-hybridized carbons (Fsp3) is 0.805. The maximum atomic E-state index is 12.7. The van der Waals surface area contributed by atoms with Gasteiger partial charge in [0.25, 0.3) is 0 Å². The van der Waals surface area contributed by atoms with Crippen LogP contribution in [0.5, 0.6) is 0 Å². The highest BCUT2D eigenvalue weighted by Crippen LogP contribution is 2.46. The smallest absolute Gasteiger partial charge is 0.335 e. The van der Waals surface area contributed by atoms with Gasteiger partial charge >= 0.3 is 5.97 Å². The Bertz CT molecular complexity index is 1380. The van der Waals surface area contributed by atoms with Crippen molar-refractivity contribution in [3.63, 3.8) is 0 Å². The maximum Gasteiger partial charge on any atom is 0.335 e. The average Bonchev–Trinajstić information content (AvgIpc) is 3.68. The lowest BCUT2D eigenvalue weighted by Crippen LogP contribution is -2.71. The second-order valence-corrected chi connectivity index (χ2v) is 17.3. The first kappa shape index (κ1) is 42.2. The van der Waals surface area contributed by atoms with Crippen molar-refractivity contribution in [2.45, 2.75) is 158 Å². The van der Waals surface area contributed by atoms with E-state index in [-0.39, 0.29) is 36.6 Å². The maximum absolute atomic E-state index is 12.7. The van der Waals surface area contributed by atoms with E-state index < -0.39 is 78.5 Å². The molecule has 0 aromatic rings. The molecule has 6 aliphatic rings. The molecule has 55 heavy (non-hydrogen) atoms. The molecule has 0 aromatic heterocycles. The summed E-state index contributed by atoms with van der Waals surface area (Å²) in [5.74, 6) is -2.01. The number of carboxylic acids is 1. The van der Waals surface area contributed by atoms with Gasteiger partial charge in [0.05, 0.1) is 30.5 Å². The van der Waals surface area contributed by atoms with Crippen molar-refractivity contribution in [3.05, 3.63) is 30.3 Å². The Balaban J connectivity index is 1.12. The standard InChI is InChI=1S/C41H63N3O11/c1-23(6-5-9-24-7-3-2-4-8-24)27(18-25-16-17-43-20-25)21-44-22-41(52)37(48)34(47)36(39(50)51)55-40(41)53-29-14-15-30-31(19-29)54-35(38(42)49)32(33(30)46)26-10-12-28(45)13-11-26/h5,9,16-17,20,23-24,26-37,40,44-48,52H,2-4,6-8,10-15,18-19,21-22H2,1H3,(H2-,42,49,50,51)/p+1. The lowest BCUT2D eigenvalue weighted by molar-refractivity contribution is -0.346. The van der Waals surface area contributed by atoms with Gasteiger partial charge in [-0.25, -0.2) is 4.79 Å². The van der Waals surface area contributed by atoms with Crippen molar-refractivity contribution in [2.24, 2.45) is 46.2 Å². The van der Waals surface area contributed by atoms with Crippen molar-refractivity contribution in [2.75, 3.05) is 13.1 Å². The molecule has 0 bridgehead atoms. The van der Waals surface area contributed by atoms with Gasteiger partial charge in [0.2, 0.25) is 5.91 Å². The van der Waals surface area contributed by atoms with Gasteiger partial charge in [0.1, 0.15) is 30.4 Å². The molecule has 2 saturated heterocycles. The molecule has 0 spiro atoms. The number of aliphatic imine (C=N–C) groups is 1. The van der Waals surface area contributed by atoms with Crippen LogP contribution in [0, 0.1) is 42.1 Å². The number of hydrogen-bond acceptors (Lipinski definition) is 12. The zero-order valence-corrected chi connectivity index (χ0v) is 32.1. The number of nitrogens with two attached hydrogens (primary N) is 1. The van der Waals surface area contributed by atoms with Crippen LogP contribution in [0.2, 0.25) is 0 Å². The minimum atomic E-state index is -2.24. The van der Waals surface area contributed by atoms with Crippen molar-refractivity contribution < 1.29 is 54.4 Å². The average molecular weight is 775 g/mol. The first-order valence-electron chi connectivity index (χ1n) is 20.7. The topological polar surface area (TPSA) is 234 Å². The molecule has 0 radical (unpaired) electrons. The number of carbonyl (C=O) groups is 2. The van der Waals surface area contributed by atoms with Gasteiger partial charge in [-0.05, 0) is 88.0 Å². The number of fused-ring (bicyclic) bond motifs is 1. The summed E-state index contributed by atoms with van der Waals surface area (Å²) >= 11 is 0. The van der Waals surface area contributed by atoms with Crippen molar-refractivity contribution in [1.82, 2.24) is 5.32 Å². The van der Waals surface area contributed by atoms with Crippen LogP contribution in [-0.2, 0) is 23.8 Å². The third-order valence-corrected chi connectivity index (χ3v) is 13.5. The van der Waals surface area contributed by atoms with E-state index in [1.54, 1.807) is 6.54 Å². The second kappa shape index (κ2) is 18.9. The van der Waals surface area contributed by atoms with E-state index in [0.29, 0.717) is 51.0 Å². The van der Waals surface area contributed by atoms with Gasteiger partial charge < -0.3 is 55.9 Å². The third kappa shape index (κ3) is 10.0. The molecule has 0 aromatic carbocycles. The van der Waals surface area contributed by atoms with E-state index >= 15 is 0 Å². The molecule has 1 amide bonds. The monoisotopic (exact) mass is 774 g/mol. The van der Waals surface area contributed by atoms with Gasteiger partial charge in [-0.15, -0.1) is 4.99 Å². The molecule has 13 atom stereocenters. The van der Waals surface area contributed by atoms with Crippen molar-refractivity contribution in [1.29, 1.82) is 0 Å². The van der Waals surface area contributed by atoms with Gasteiger partial charge in [-0.2, -0.15) is 0 Å². The Kier molecular flexibility index (Phi) is 14.5. The molecule has 14 nitrogen and oxygen atoms in total. The zero-order valence-electron chi connectivity index (χ0n) is 32.1. The lowest BCUT2D eigenvalue weighted by atomic mass is 9.66. The van der Waals surface area contributed by atoms with Gasteiger partial charge in [-0.1, -0.05) is 38.3 Å². The number of carbonyl (C=O) groups excluding carboxylic acids is 1. The molecular weight excluding hydrogens is 710 g/mol. The van der Waals surface area contributed by atoms with Crippen LogP contribution in [-0.4, -0.2) is 123 Å². The minimum absolute atomic E-state index is 0.0215. The molecule has 3 aliphatic carbocycles. The van der Waals surface area contributed by atoms with Crippen LogP contribution >= 0.6 is 0 Å². The van der Waals surface area contributed by atoms with E-state index in [1.807, 2.05) is 12.3 Å². The number of aliphatic carboxylic acids is 1. The fourth-order valence-corrected chi connectivity index (χ4v) is 10.1. The summed E-state index contributed by atoms with van der Waals surface area (Å²) in [4.78, 5) is 29.0. The highest BCUT2D eigenvalue weighted by Gasteiger charge is 2.59. The number of carboxylic acid groups (broad SMARTS) is 1. The number of ether oxygens (including phenoxy) is 3. The Morgan fingerprint density at radius 1 is 1.04 bits per heavy atom. The number of nitrogens with one attached hydrogen (secondary N) is 1. The molecule has 3 aliphatic heterocycles. The minimum Gasteiger partial charge on any atom is -0.479 e. The number of primary amides is 1. The number of aliphatic hydroxyl groups excluding tert-OH is 4. The van der Waals surface area contributed by atoms with Gasteiger partial charge in [0, 0.05) is 31.2 Å². The van der Waals surface area contributed by atoms with Gasteiger partial charge in [-0.3, -0.25) is 4.79 Å². The van der Waals surface area contributed by atoms with Crippen LogP contribution < -0.4 is 11.1 Å². The van der Waals surface area contributed by atoms with Crippen molar-refractivity contribution >= 4 is 18.1 Å². The lowest BCUT2D eigenvalue weighted by Gasteiger charge is -2.52. The summed E-state index contributed by atoms with van der Waals surface area (Å²) in [6, 6.07) is 0. The Morgan fingerprint density at radius 3 is 2.45 bits per heavy atom. The van der Waals surface area contributed by atoms with Crippen LogP contribution in [0.1, 0.15) is 96.8 Å². The molecule has 13 unspecified atom stereocenters. The Morgan fingerprint density at radius 2 is 1.78 bits per heavy atom. The predicted octanol–water partition coefficient (Wildman–Crippen LogP) is 2.15. The summed E-state index contributed by atoms with van der Waals surface area (Å²) in [7, 11) is 0. The van der Waals surface area contributed by atoms with Crippen molar-refractivity contribution in [3.8, 4) is 0 Å². The number of nitrogens with zero attached hydrogens (tertiary/aromatic N) is 1. The number of aliphatic hydroxyl groups is 5. The SMILES string of the molecule is CC(CC=CC1CCCCC1)C(CNCC1(O)C(OC2CCC3C(C2)OC(C(N)=O)C(C2CCC(O)CC2)C3O)OC(C(=O)O)C(O)C1O)CC1=C[CH+]N=C1. The first-order chi connectivity index (χ1) is 26.4. The molecule has 308 valence electrons. The predicted molar refractivity (Wildman–Crippen MR) is 202 cm³/mol. The molecular formula is C41H64N3O11+. The summed E-state index contributed by atoms with van der Waals surface area (Å²) in [5.41, 5.74) is 4.67. The number of rotatable bonds is 15. The summed E-state index contributed by atoms with van der Waals surface area (Å²) < 4.78 is 18.4. The Hall–Kier alpha value is -2.40. The Labute approximate surface area is 324 Å². The molecule has 5 fully saturated rings. The highest BCUT2D eigenvalue weighted by molar-refractivity contribution is 5.82. The van der Waals surface area contributed by atoms with E-state index in [1.165, 1.54) is 32.1 Å². The quantitative estimate of drug-likeness (QED) is 0.0884. The molecule has 3 heterocycles. The third-order valence-electron chi connectivity index (χ3n) is 13.5. The largest absolute Gasteiger partial charge is 0.479 e. The fourth-order valence-electron chi connectivity index (χ4n) is 10.1. The molecule has 14 heteroatoms. The summed E-state index contributed by atoms with van der Waals surface area (Å²) in [6.45, 7) is 4.13. The van der Waals surface area contributed by atoms with Crippen LogP contribution in [0.3, 0.4) is 0 Å². The highest BCUT2D eigenvalue weighted by atomic mass is 16.7. The molecule has 9 N–H and O–H groups in total. The van der Waals surface area contributed by atoms with Crippen LogP contribution in [0.15, 0.2) is 28.8 Å². The molecule has 6 rings (SSSR count). The van der Waals surface area contributed by atoms with E-state index in [9.17, 15) is 40.2 Å². The molecule has 3 saturated carbocycles. The number of allylic oxidation sites excluding steroid dienone is 3. The summed E-state index contributed by atoms with van der Waals surface area (Å²) in [5, 5.41) is 69.1.